The van der Waals surface area contributed by atoms with Crippen LogP contribution in [0.25, 0.3) is 0 Å². The Hall–Kier alpha value is -1.32. The van der Waals surface area contributed by atoms with Gasteiger partial charge in [-0.15, -0.1) is 0 Å². The average Bonchev–Trinajstić information content (AvgIpc) is 2.51. The first-order chi connectivity index (χ1) is 7.07. The topological polar surface area (TPSA) is 49.4 Å². The van der Waals surface area contributed by atoms with Crippen molar-refractivity contribution in [3.63, 3.8) is 0 Å². The lowest BCUT2D eigenvalue weighted by atomic mass is 9.78. The summed E-state index contributed by atoms with van der Waals surface area (Å²) in [5.74, 6) is 0.0724. The first kappa shape index (κ1) is 10.2. The predicted molar refractivity (Wildman–Crippen MR) is 55.8 cm³/mol. The number of hydrogen-bond donors (Lipinski definition) is 1. The highest BCUT2D eigenvalue weighted by atomic mass is 16.2. The van der Waals surface area contributed by atoms with Crippen LogP contribution in [0.15, 0.2) is 12.3 Å². The van der Waals surface area contributed by atoms with Gasteiger partial charge < -0.3 is 10.2 Å². The Kier molecular flexibility index (Phi) is 2.29. The number of carbonyl (C=O) groups is 2. The van der Waals surface area contributed by atoms with E-state index >= 15 is 0 Å². The molecule has 15 heavy (non-hydrogen) atoms. The fourth-order valence-electron chi connectivity index (χ4n) is 2.38. The Labute approximate surface area is 89.3 Å². The third kappa shape index (κ3) is 1.54. The number of nitrogens with one attached hydrogen (secondary N) is 1. The van der Waals surface area contributed by atoms with Crippen molar-refractivity contribution in [3.05, 3.63) is 12.3 Å². The number of likely N-dealkylation sites (tertiary alicyclic amines) is 1. The summed E-state index contributed by atoms with van der Waals surface area (Å²) in [6, 6.07) is 0. The van der Waals surface area contributed by atoms with Crippen molar-refractivity contribution in [2.45, 2.75) is 26.2 Å². The maximum atomic E-state index is 11.9. The number of rotatable bonds is 1. The number of nitrogens with zero attached hydrogens (tertiary/aromatic N) is 1. The molecule has 1 atom stereocenters. The standard InChI is InChI=1S/C11H16N2O2/c1-3-13-7-11(6-9(13)14)5-4-8(2)12-10(11)15/h2-7H2,1H3,(H,12,15). The Morgan fingerprint density at radius 3 is 2.80 bits per heavy atom. The van der Waals surface area contributed by atoms with Crippen molar-refractivity contribution in [2.24, 2.45) is 5.41 Å². The lowest BCUT2D eigenvalue weighted by Gasteiger charge is -2.32. The zero-order valence-corrected chi connectivity index (χ0v) is 9.01. The van der Waals surface area contributed by atoms with E-state index in [1.165, 1.54) is 0 Å². The van der Waals surface area contributed by atoms with Crippen molar-refractivity contribution < 1.29 is 9.59 Å². The lowest BCUT2D eigenvalue weighted by molar-refractivity contribution is -0.133. The molecule has 2 rings (SSSR count). The predicted octanol–water partition coefficient (Wildman–Crippen LogP) is 0.649. The van der Waals surface area contributed by atoms with E-state index in [0.717, 1.165) is 18.5 Å². The van der Waals surface area contributed by atoms with Gasteiger partial charge >= 0.3 is 0 Å². The van der Waals surface area contributed by atoms with Crippen LogP contribution in [0.4, 0.5) is 0 Å². The molecule has 0 aromatic carbocycles. The van der Waals surface area contributed by atoms with Crippen LogP contribution in [0.3, 0.4) is 0 Å². The van der Waals surface area contributed by atoms with Crippen LogP contribution in [0.5, 0.6) is 0 Å². The van der Waals surface area contributed by atoms with Gasteiger partial charge in [-0.1, -0.05) is 6.58 Å². The minimum atomic E-state index is -0.478. The van der Waals surface area contributed by atoms with Crippen LogP contribution >= 0.6 is 0 Å². The molecule has 2 heterocycles. The molecule has 1 spiro atoms. The van der Waals surface area contributed by atoms with Gasteiger partial charge in [0.15, 0.2) is 0 Å². The smallest absolute Gasteiger partial charge is 0.232 e. The van der Waals surface area contributed by atoms with E-state index in [0.29, 0.717) is 19.5 Å². The largest absolute Gasteiger partial charge is 0.342 e. The van der Waals surface area contributed by atoms with Gasteiger partial charge in [0.1, 0.15) is 0 Å². The second-order valence-electron chi connectivity index (χ2n) is 4.42. The Bertz CT molecular complexity index is 337. The average molecular weight is 208 g/mol. The Morgan fingerprint density at radius 1 is 1.53 bits per heavy atom. The molecular weight excluding hydrogens is 192 g/mol. The Balaban J connectivity index is 2.19. The van der Waals surface area contributed by atoms with Crippen LogP contribution < -0.4 is 5.32 Å². The van der Waals surface area contributed by atoms with Crippen molar-refractivity contribution in [2.75, 3.05) is 13.1 Å². The summed E-state index contributed by atoms with van der Waals surface area (Å²) in [5, 5.41) is 2.76. The quantitative estimate of drug-likeness (QED) is 0.687. The Morgan fingerprint density at radius 2 is 2.27 bits per heavy atom. The minimum absolute atomic E-state index is 0.0250. The first-order valence-corrected chi connectivity index (χ1v) is 5.34. The molecule has 0 radical (unpaired) electrons. The summed E-state index contributed by atoms with van der Waals surface area (Å²) in [6.45, 7) is 6.95. The molecule has 4 heteroatoms. The van der Waals surface area contributed by atoms with E-state index in [9.17, 15) is 9.59 Å². The summed E-state index contributed by atoms with van der Waals surface area (Å²) in [5.41, 5.74) is 0.293. The highest BCUT2D eigenvalue weighted by Crippen LogP contribution is 2.39. The zero-order chi connectivity index (χ0) is 11.1. The molecule has 2 aliphatic heterocycles. The van der Waals surface area contributed by atoms with Gasteiger partial charge in [0.2, 0.25) is 11.8 Å². The zero-order valence-electron chi connectivity index (χ0n) is 9.01. The number of piperidine rings is 1. The van der Waals surface area contributed by atoms with E-state index in [1.54, 1.807) is 4.90 Å². The molecule has 1 N–H and O–H groups in total. The number of hydrogen-bond acceptors (Lipinski definition) is 2. The van der Waals surface area contributed by atoms with Crippen molar-refractivity contribution in [1.82, 2.24) is 10.2 Å². The van der Waals surface area contributed by atoms with Gasteiger partial charge in [0, 0.05) is 25.2 Å². The molecule has 0 saturated carbocycles. The van der Waals surface area contributed by atoms with E-state index < -0.39 is 5.41 Å². The maximum absolute atomic E-state index is 11.9. The molecule has 82 valence electrons. The SMILES string of the molecule is C=C1CCC2(CC(=O)N(CC)C2)C(=O)N1. The minimum Gasteiger partial charge on any atom is -0.342 e. The summed E-state index contributed by atoms with van der Waals surface area (Å²) >= 11 is 0. The van der Waals surface area contributed by atoms with Crippen molar-refractivity contribution >= 4 is 11.8 Å². The monoisotopic (exact) mass is 208 g/mol. The van der Waals surface area contributed by atoms with E-state index in [4.69, 9.17) is 0 Å². The lowest BCUT2D eigenvalue weighted by Crippen LogP contribution is -2.46. The summed E-state index contributed by atoms with van der Waals surface area (Å²) < 4.78 is 0. The summed E-state index contributed by atoms with van der Waals surface area (Å²) in [6.07, 6.45) is 1.90. The third-order valence-corrected chi connectivity index (χ3v) is 3.39. The van der Waals surface area contributed by atoms with E-state index in [2.05, 4.69) is 11.9 Å². The third-order valence-electron chi connectivity index (χ3n) is 3.39. The highest BCUT2D eigenvalue weighted by Gasteiger charge is 2.49. The van der Waals surface area contributed by atoms with E-state index in [-0.39, 0.29) is 11.8 Å². The first-order valence-electron chi connectivity index (χ1n) is 5.34. The van der Waals surface area contributed by atoms with Crippen molar-refractivity contribution in [1.29, 1.82) is 0 Å². The summed E-state index contributed by atoms with van der Waals surface area (Å²) in [7, 11) is 0. The van der Waals surface area contributed by atoms with Gasteiger partial charge in [-0.25, -0.2) is 0 Å². The van der Waals surface area contributed by atoms with Crippen molar-refractivity contribution in [3.8, 4) is 0 Å². The van der Waals surface area contributed by atoms with E-state index in [1.807, 2.05) is 6.92 Å². The fourth-order valence-corrected chi connectivity index (χ4v) is 2.38. The van der Waals surface area contributed by atoms with Crippen LogP contribution in [0.2, 0.25) is 0 Å². The molecule has 2 saturated heterocycles. The van der Waals surface area contributed by atoms with Gasteiger partial charge in [-0.05, 0) is 19.8 Å². The molecule has 2 amide bonds. The molecule has 0 aromatic rings. The number of amides is 2. The van der Waals surface area contributed by atoms with Crippen LogP contribution in [0, 0.1) is 5.41 Å². The second-order valence-corrected chi connectivity index (χ2v) is 4.42. The molecule has 0 bridgehead atoms. The number of allylic oxidation sites excluding steroid dienone is 1. The van der Waals surface area contributed by atoms with Gasteiger partial charge in [-0.2, -0.15) is 0 Å². The van der Waals surface area contributed by atoms with Crippen LogP contribution in [-0.4, -0.2) is 29.8 Å². The molecule has 4 nitrogen and oxygen atoms in total. The highest BCUT2D eigenvalue weighted by molar-refractivity contribution is 5.93. The summed E-state index contributed by atoms with van der Waals surface area (Å²) in [4.78, 5) is 25.3. The van der Waals surface area contributed by atoms with Crippen LogP contribution in [-0.2, 0) is 9.59 Å². The fraction of sp³-hybridized carbons (Fsp3) is 0.636. The van der Waals surface area contributed by atoms with Gasteiger partial charge in [0.25, 0.3) is 0 Å². The number of carbonyl (C=O) groups excluding carboxylic acids is 2. The molecule has 2 fully saturated rings. The van der Waals surface area contributed by atoms with Gasteiger partial charge in [0.05, 0.1) is 5.41 Å². The molecule has 0 aliphatic carbocycles. The molecular formula is C11H16N2O2. The molecule has 2 aliphatic rings. The molecule has 0 aromatic heterocycles. The normalized spacial score (nSPS) is 31.3. The maximum Gasteiger partial charge on any atom is 0.232 e. The van der Waals surface area contributed by atoms with Crippen LogP contribution in [0.1, 0.15) is 26.2 Å². The second kappa shape index (κ2) is 3.36. The molecule has 1 unspecified atom stereocenters. The van der Waals surface area contributed by atoms with Gasteiger partial charge in [-0.3, -0.25) is 9.59 Å².